The van der Waals surface area contributed by atoms with E-state index < -0.39 is 6.04 Å². The third-order valence-corrected chi connectivity index (χ3v) is 6.73. The molecule has 2 unspecified atom stereocenters. The fourth-order valence-corrected chi connectivity index (χ4v) is 5.69. The third-order valence-electron chi connectivity index (χ3n) is 6.73. The van der Waals surface area contributed by atoms with Gasteiger partial charge in [0.1, 0.15) is 18.3 Å². The molecule has 4 rings (SSSR count). The smallest absolute Gasteiger partial charge is 0.245 e. The fourth-order valence-electron chi connectivity index (χ4n) is 5.69. The molecule has 0 aromatic carbocycles. The summed E-state index contributed by atoms with van der Waals surface area (Å²) in [5.41, 5.74) is 1.03. The molecule has 0 spiro atoms. The van der Waals surface area contributed by atoms with Crippen molar-refractivity contribution in [1.29, 1.82) is 0 Å². The van der Waals surface area contributed by atoms with Gasteiger partial charge in [0.2, 0.25) is 11.8 Å². The van der Waals surface area contributed by atoms with Gasteiger partial charge in [-0.1, -0.05) is 20.8 Å². The van der Waals surface area contributed by atoms with Crippen molar-refractivity contribution in [3.05, 3.63) is 24.0 Å². The first-order valence-corrected chi connectivity index (χ1v) is 11.6. The van der Waals surface area contributed by atoms with E-state index in [2.05, 4.69) is 36.2 Å². The van der Waals surface area contributed by atoms with Gasteiger partial charge in [-0.25, -0.2) is 9.67 Å². The van der Waals surface area contributed by atoms with E-state index in [1.807, 2.05) is 0 Å². The number of rotatable bonds is 5. The van der Waals surface area contributed by atoms with Gasteiger partial charge in [0.15, 0.2) is 11.4 Å². The topological polar surface area (TPSA) is 97.2 Å². The summed E-state index contributed by atoms with van der Waals surface area (Å²) in [5.74, 6) is 0.169. The van der Waals surface area contributed by atoms with Gasteiger partial charge in [-0.3, -0.25) is 14.4 Å². The van der Waals surface area contributed by atoms with Crippen LogP contribution in [0.4, 0.5) is 0 Å². The van der Waals surface area contributed by atoms with Crippen LogP contribution < -0.4 is 5.32 Å². The minimum absolute atomic E-state index is 0.0436. The van der Waals surface area contributed by atoms with E-state index in [0.29, 0.717) is 35.6 Å². The minimum Gasteiger partial charge on any atom is -0.352 e. The molecular weight excluding hydrogens is 406 g/mol. The van der Waals surface area contributed by atoms with Crippen LogP contribution in [0, 0.1) is 11.3 Å². The van der Waals surface area contributed by atoms with Crippen molar-refractivity contribution in [2.45, 2.75) is 78.4 Å². The number of carbonyl (C=O) groups is 3. The number of hydrogen-bond donors (Lipinski definition) is 1. The molecule has 172 valence electrons. The van der Waals surface area contributed by atoms with Crippen LogP contribution in [-0.4, -0.2) is 55.9 Å². The van der Waals surface area contributed by atoms with E-state index >= 15 is 0 Å². The number of amides is 2. The van der Waals surface area contributed by atoms with Crippen molar-refractivity contribution in [3.8, 4) is 0 Å². The number of nitrogens with one attached hydrogen (secondary N) is 1. The van der Waals surface area contributed by atoms with E-state index in [-0.39, 0.29) is 35.6 Å². The zero-order valence-electron chi connectivity index (χ0n) is 19.4. The Morgan fingerprint density at radius 3 is 2.75 bits per heavy atom. The van der Waals surface area contributed by atoms with Crippen LogP contribution in [0.1, 0.15) is 70.3 Å². The van der Waals surface area contributed by atoms with E-state index in [9.17, 15) is 14.4 Å². The Kier molecular flexibility index (Phi) is 6.05. The Balaban J connectivity index is 1.47. The summed E-state index contributed by atoms with van der Waals surface area (Å²) >= 11 is 0. The summed E-state index contributed by atoms with van der Waals surface area (Å²) in [6, 6.07) is 3.23. The van der Waals surface area contributed by atoms with Gasteiger partial charge >= 0.3 is 0 Å². The largest absolute Gasteiger partial charge is 0.352 e. The molecule has 2 amide bonds. The van der Waals surface area contributed by atoms with Crippen molar-refractivity contribution in [1.82, 2.24) is 25.0 Å². The lowest BCUT2D eigenvalue weighted by molar-refractivity contribution is -0.139. The van der Waals surface area contributed by atoms with Crippen molar-refractivity contribution in [2.24, 2.45) is 11.3 Å². The average molecular weight is 440 g/mol. The third kappa shape index (κ3) is 4.54. The number of aromatic nitrogens is 3. The number of carbonyl (C=O) groups excluding carboxylic acids is 3. The van der Waals surface area contributed by atoms with E-state index in [1.165, 1.54) is 18.0 Å². The van der Waals surface area contributed by atoms with Crippen LogP contribution in [0.25, 0.3) is 11.0 Å². The standard InChI is InChI=1S/C24H33N5O3/c1-15-11-17(13-24(3,4)12-15)26-23(32)19-8-6-10-28(19)20(31)14-29-22-18(7-5-9-25-22)21(27-29)16(2)30/h5,7,9,15,17,19H,6,8,10-14H2,1-4H3,(H,26,32)/t15?,17?,19-/m0/s1. The first kappa shape index (κ1) is 22.4. The molecule has 1 saturated heterocycles. The van der Waals surface area contributed by atoms with Gasteiger partial charge in [-0.15, -0.1) is 0 Å². The van der Waals surface area contributed by atoms with Gasteiger partial charge in [-0.05, 0) is 55.6 Å². The summed E-state index contributed by atoms with van der Waals surface area (Å²) in [4.78, 5) is 44.2. The molecule has 2 fully saturated rings. The number of Topliss-reactive ketones (excluding diaryl/α,β-unsaturated/α-hetero) is 1. The molecule has 32 heavy (non-hydrogen) atoms. The number of hydrogen-bond acceptors (Lipinski definition) is 5. The maximum atomic E-state index is 13.2. The molecule has 2 aromatic rings. The minimum atomic E-state index is -0.454. The van der Waals surface area contributed by atoms with Gasteiger partial charge in [0.25, 0.3) is 0 Å². The summed E-state index contributed by atoms with van der Waals surface area (Å²) in [6.45, 7) is 8.71. The molecule has 1 aliphatic carbocycles. The van der Waals surface area contributed by atoms with E-state index in [1.54, 1.807) is 23.2 Å². The monoisotopic (exact) mass is 439 g/mol. The summed E-state index contributed by atoms with van der Waals surface area (Å²) in [6.07, 6.45) is 6.19. The number of likely N-dealkylation sites (tertiary alicyclic amines) is 1. The quantitative estimate of drug-likeness (QED) is 0.723. The van der Waals surface area contributed by atoms with Crippen molar-refractivity contribution in [3.63, 3.8) is 0 Å². The Bertz CT molecular complexity index is 1040. The van der Waals surface area contributed by atoms with E-state index in [4.69, 9.17) is 0 Å². The van der Waals surface area contributed by atoms with Crippen LogP contribution in [0.3, 0.4) is 0 Å². The first-order valence-electron chi connectivity index (χ1n) is 11.6. The Morgan fingerprint density at radius 1 is 1.25 bits per heavy atom. The zero-order chi connectivity index (χ0) is 23.0. The van der Waals surface area contributed by atoms with Crippen LogP contribution in [0.15, 0.2) is 18.3 Å². The second-order valence-electron chi connectivity index (χ2n) is 10.3. The molecule has 1 N–H and O–H groups in total. The van der Waals surface area contributed by atoms with Gasteiger partial charge < -0.3 is 10.2 Å². The predicted molar refractivity (Wildman–Crippen MR) is 121 cm³/mol. The van der Waals surface area contributed by atoms with Gasteiger partial charge in [-0.2, -0.15) is 5.10 Å². The van der Waals surface area contributed by atoms with E-state index in [0.717, 1.165) is 19.3 Å². The van der Waals surface area contributed by atoms with Crippen molar-refractivity contribution in [2.75, 3.05) is 6.54 Å². The van der Waals surface area contributed by atoms with Gasteiger partial charge in [0.05, 0.1) is 5.39 Å². The highest BCUT2D eigenvalue weighted by Gasteiger charge is 2.38. The second kappa shape index (κ2) is 8.64. The molecule has 2 aromatic heterocycles. The highest BCUT2D eigenvalue weighted by Crippen LogP contribution is 2.38. The Hall–Kier alpha value is -2.77. The molecule has 3 atom stereocenters. The normalized spacial score (nSPS) is 25.1. The van der Waals surface area contributed by atoms with Crippen LogP contribution in [-0.2, 0) is 16.1 Å². The number of fused-ring (bicyclic) bond motifs is 1. The van der Waals surface area contributed by atoms with Crippen LogP contribution in [0.2, 0.25) is 0 Å². The van der Waals surface area contributed by atoms with Crippen molar-refractivity contribution < 1.29 is 14.4 Å². The lowest BCUT2D eigenvalue weighted by Crippen LogP contribution is -2.51. The first-order chi connectivity index (χ1) is 15.1. The molecule has 0 radical (unpaired) electrons. The van der Waals surface area contributed by atoms with Crippen LogP contribution in [0.5, 0.6) is 0 Å². The van der Waals surface area contributed by atoms with Gasteiger partial charge in [0, 0.05) is 25.7 Å². The zero-order valence-corrected chi connectivity index (χ0v) is 19.4. The molecular formula is C24H33N5O3. The maximum absolute atomic E-state index is 13.2. The Labute approximate surface area is 188 Å². The molecule has 8 heteroatoms. The summed E-state index contributed by atoms with van der Waals surface area (Å²) < 4.78 is 1.48. The predicted octanol–water partition coefficient (Wildman–Crippen LogP) is 2.96. The molecule has 3 heterocycles. The average Bonchev–Trinajstić information content (AvgIpc) is 3.32. The Morgan fingerprint density at radius 2 is 2.03 bits per heavy atom. The number of ketones is 1. The maximum Gasteiger partial charge on any atom is 0.245 e. The molecule has 1 saturated carbocycles. The fraction of sp³-hybridized carbons (Fsp3) is 0.625. The lowest BCUT2D eigenvalue weighted by Gasteiger charge is -2.39. The van der Waals surface area contributed by atoms with Crippen LogP contribution >= 0.6 is 0 Å². The number of nitrogens with zero attached hydrogens (tertiary/aromatic N) is 4. The highest BCUT2D eigenvalue weighted by atomic mass is 16.2. The SMILES string of the molecule is CC(=O)c1nn(CC(=O)N2CCC[C@H]2C(=O)NC2CC(C)CC(C)(C)C2)c2ncccc12. The number of pyridine rings is 1. The molecule has 8 nitrogen and oxygen atoms in total. The second-order valence-corrected chi connectivity index (χ2v) is 10.3. The van der Waals surface area contributed by atoms with Crippen molar-refractivity contribution >= 4 is 28.6 Å². The lowest BCUT2D eigenvalue weighted by atomic mass is 9.70. The highest BCUT2D eigenvalue weighted by molar-refractivity contribution is 6.04. The molecule has 1 aliphatic heterocycles. The molecule has 0 bridgehead atoms. The molecule has 2 aliphatic rings. The summed E-state index contributed by atoms with van der Waals surface area (Å²) in [5, 5.41) is 8.21. The summed E-state index contributed by atoms with van der Waals surface area (Å²) in [7, 11) is 0.